The van der Waals surface area contributed by atoms with Gasteiger partial charge in [0.05, 0.1) is 11.1 Å². The van der Waals surface area contributed by atoms with Crippen LogP contribution in [0.25, 0.3) is 0 Å². The molecule has 1 aliphatic carbocycles. The number of carbonyl (C=O) groups is 1. The lowest BCUT2D eigenvalue weighted by Crippen LogP contribution is -2.30. The summed E-state index contributed by atoms with van der Waals surface area (Å²) in [6, 6.07) is 3.31. The van der Waals surface area contributed by atoms with Gasteiger partial charge in [0.25, 0.3) is 0 Å². The fourth-order valence-electron chi connectivity index (χ4n) is 1.70. The van der Waals surface area contributed by atoms with Crippen molar-refractivity contribution in [2.75, 3.05) is 0 Å². The predicted octanol–water partition coefficient (Wildman–Crippen LogP) is 1.07. The number of nitrogens with zero attached hydrogens (tertiary/aromatic N) is 1. The number of hydrogen-bond donors (Lipinski definition) is 1. The summed E-state index contributed by atoms with van der Waals surface area (Å²) >= 11 is 0. The van der Waals surface area contributed by atoms with Gasteiger partial charge in [0.2, 0.25) is 5.91 Å². The molecule has 1 fully saturated rings. The Balaban J connectivity index is 2.46. The Kier molecular flexibility index (Phi) is 1.98. The lowest BCUT2D eigenvalue weighted by atomic mass is 9.97. The Morgan fingerprint density at radius 1 is 1.64 bits per heavy atom. The maximum Gasteiger partial charge on any atom is 0.229 e. The normalized spacial score (nSPS) is 17.8. The smallest absolute Gasteiger partial charge is 0.229 e. The van der Waals surface area contributed by atoms with Crippen molar-refractivity contribution in [2.45, 2.75) is 24.9 Å². The molecule has 0 aliphatic heterocycles. The van der Waals surface area contributed by atoms with Crippen LogP contribution in [-0.4, -0.2) is 10.9 Å². The van der Waals surface area contributed by atoms with Crippen molar-refractivity contribution in [1.29, 1.82) is 0 Å². The first kappa shape index (κ1) is 9.12. The van der Waals surface area contributed by atoms with Crippen LogP contribution in [0.1, 0.15) is 24.1 Å². The van der Waals surface area contributed by atoms with Crippen LogP contribution in [0.4, 0.5) is 4.39 Å². The van der Waals surface area contributed by atoms with Crippen molar-refractivity contribution >= 4 is 5.91 Å². The largest absolute Gasteiger partial charge is 0.369 e. The van der Waals surface area contributed by atoms with Gasteiger partial charge in [-0.3, -0.25) is 9.78 Å². The monoisotopic (exact) mass is 194 g/mol. The SMILES string of the molecule is NC(=O)C1(c2ncccc2CF)CC1. The first-order valence-corrected chi connectivity index (χ1v) is 4.51. The minimum Gasteiger partial charge on any atom is -0.369 e. The van der Waals surface area contributed by atoms with Crippen molar-refractivity contribution in [3.8, 4) is 0 Å². The van der Waals surface area contributed by atoms with E-state index >= 15 is 0 Å². The topological polar surface area (TPSA) is 56.0 Å². The minimum atomic E-state index is -0.678. The van der Waals surface area contributed by atoms with Gasteiger partial charge in [0.15, 0.2) is 0 Å². The van der Waals surface area contributed by atoms with Crippen LogP contribution in [0.15, 0.2) is 18.3 Å². The molecule has 1 heterocycles. The Labute approximate surface area is 81.1 Å². The van der Waals surface area contributed by atoms with Crippen LogP contribution < -0.4 is 5.73 Å². The zero-order chi connectivity index (χ0) is 10.2. The van der Waals surface area contributed by atoms with Crippen LogP contribution >= 0.6 is 0 Å². The maximum absolute atomic E-state index is 12.6. The molecule has 0 bridgehead atoms. The van der Waals surface area contributed by atoms with Crippen molar-refractivity contribution in [3.05, 3.63) is 29.6 Å². The molecule has 2 rings (SSSR count). The highest BCUT2D eigenvalue weighted by atomic mass is 19.1. The minimum absolute atomic E-state index is 0.397. The molecule has 1 aromatic heterocycles. The van der Waals surface area contributed by atoms with Gasteiger partial charge >= 0.3 is 0 Å². The number of amides is 1. The van der Waals surface area contributed by atoms with Gasteiger partial charge < -0.3 is 5.73 Å². The van der Waals surface area contributed by atoms with Crippen LogP contribution in [0.2, 0.25) is 0 Å². The number of rotatable bonds is 3. The molecule has 74 valence electrons. The number of hydrogen-bond acceptors (Lipinski definition) is 2. The Hall–Kier alpha value is -1.45. The van der Waals surface area contributed by atoms with Gasteiger partial charge in [-0.25, -0.2) is 4.39 Å². The maximum atomic E-state index is 12.6. The lowest BCUT2D eigenvalue weighted by Gasteiger charge is -2.12. The molecule has 1 aliphatic rings. The van der Waals surface area contributed by atoms with E-state index in [1.807, 2.05) is 0 Å². The third-order valence-corrected chi connectivity index (χ3v) is 2.71. The summed E-state index contributed by atoms with van der Waals surface area (Å²) in [5.74, 6) is -0.397. The molecule has 1 amide bonds. The van der Waals surface area contributed by atoms with E-state index in [-0.39, 0.29) is 0 Å². The average Bonchev–Trinajstić information content (AvgIpc) is 2.98. The molecule has 1 saturated carbocycles. The number of halogens is 1. The van der Waals surface area contributed by atoms with E-state index in [9.17, 15) is 9.18 Å². The van der Waals surface area contributed by atoms with Crippen LogP contribution in [0, 0.1) is 0 Å². The van der Waals surface area contributed by atoms with Crippen LogP contribution in [0.5, 0.6) is 0 Å². The van der Waals surface area contributed by atoms with E-state index in [0.717, 1.165) is 0 Å². The second kappa shape index (κ2) is 3.04. The zero-order valence-electron chi connectivity index (χ0n) is 7.66. The van der Waals surface area contributed by atoms with Crippen molar-refractivity contribution in [3.63, 3.8) is 0 Å². The van der Waals surface area contributed by atoms with E-state index in [4.69, 9.17) is 5.73 Å². The molecule has 0 unspecified atom stereocenters. The van der Waals surface area contributed by atoms with Crippen molar-refractivity contribution < 1.29 is 9.18 Å². The van der Waals surface area contributed by atoms with Gasteiger partial charge in [-0.1, -0.05) is 6.07 Å². The fraction of sp³-hybridized carbons (Fsp3) is 0.400. The number of primary amides is 1. The quantitative estimate of drug-likeness (QED) is 0.782. The highest BCUT2D eigenvalue weighted by molar-refractivity contribution is 5.89. The van der Waals surface area contributed by atoms with E-state index < -0.39 is 18.0 Å². The summed E-state index contributed by atoms with van der Waals surface area (Å²) in [4.78, 5) is 15.3. The van der Waals surface area contributed by atoms with Crippen molar-refractivity contribution in [1.82, 2.24) is 4.98 Å². The van der Waals surface area contributed by atoms with Gasteiger partial charge in [-0.2, -0.15) is 0 Å². The Bertz CT molecular complexity index is 374. The zero-order valence-corrected chi connectivity index (χ0v) is 7.66. The highest BCUT2D eigenvalue weighted by Crippen LogP contribution is 2.48. The highest BCUT2D eigenvalue weighted by Gasteiger charge is 2.52. The molecular formula is C10H11FN2O. The van der Waals surface area contributed by atoms with Gasteiger partial charge in [-0.05, 0) is 18.9 Å². The summed E-state index contributed by atoms with van der Waals surface area (Å²) in [5, 5.41) is 0. The predicted molar refractivity (Wildman–Crippen MR) is 49.2 cm³/mol. The summed E-state index contributed by atoms with van der Waals surface area (Å²) in [7, 11) is 0. The summed E-state index contributed by atoms with van der Waals surface area (Å²) in [6.45, 7) is -0.599. The summed E-state index contributed by atoms with van der Waals surface area (Å²) in [5.41, 5.74) is 5.61. The number of alkyl halides is 1. The van der Waals surface area contributed by atoms with Gasteiger partial charge in [-0.15, -0.1) is 0 Å². The molecule has 0 saturated heterocycles. The Morgan fingerprint density at radius 2 is 2.36 bits per heavy atom. The second-order valence-electron chi connectivity index (χ2n) is 3.59. The number of nitrogens with two attached hydrogens (primary N) is 1. The molecule has 0 atom stereocenters. The van der Waals surface area contributed by atoms with E-state index in [2.05, 4.69) is 4.98 Å². The number of carbonyl (C=O) groups excluding carboxylic acids is 1. The van der Waals surface area contributed by atoms with Crippen LogP contribution in [-0.2, 0) is 16.9 Å². The van der Waals surface area contributed by atoms with Crippen LogP contribution in [0.3, 0.4) is 0 Å². The molecule has 1 aromatic rings. The second-order valence-corrected chi connectivity index (χ2v) is 3.59. The number of aromatic nitrogens is 1. The molecular weight excluding hydrogens is 183 g/mol. The lowest BCUT2D eigenvalue weighted by molar-refractivity contribution is -0.120. The summed E-state index contributed by atoms with van der Waals surface area (Å²) in [6.07, 6.45) is 2.94. The van der Waals surface area contributed by atoms with Crippen molar-refractivity contribution in [2.24, 2.45) is 5.73 Å². The molecule has 0 spiro atoms. The van der Waals surface area contributed by atoms with E-state index in [1.165, 1.54) is 0 Å². The number of pyridine rings is 1. The van der Waals surface area contributed by atoms with E-state index in [1.54, 1.807) is 18.3 Å². The van der Waals surface area contributed by atoms with E-state index in [0.29, 0.717) is 24.1 Å². The van der Waals surface area contributed by atoms with Gasteiger partial charge in [0, 0.05) is 11.8 Å². The molecule has 0 radical (unpaired) electrons. The molecule has 14 heavy (non-hydrogen) atoms. The fourth-order valence-corrected chi connectivity index (χ4v) is 1.70. The summed E-state index contributed by atoms with van der Waals surface area (Å²) < 4.78 is 12.6. The third-order valence-electron chi connectivity index (χ3n) is 2.71. The van der Waals surface area contributed by atoms with Gasteiger partial charge in [0.1, 0.15) is 6.67 Å². The average molecular weight is 194 g/mol. The third kappa shape index (κ3) is 1.18. The molecule has 0 aromatic carbocycles. The molecule has 3 nitrogen and oxygen atoms in total. The Morgan fingerprint density at radius 3 is 2.86 bits per heavy atom. The first-order chi connectivity index (χ1) is 6.70. The first-order valence-electron chi connectivity index (χ1n) is 4.51. The standard InChI is InChI=1S/C10H11FN2O/c11-6-7-2-1-5-13-8(7)10(3-4-10)9(12)14/h1-2,5H,3-4,6H2,(H2,12,14). The molecule has 2 N–H and O–H groups in total. The molecule has 4 heteroatoms.